The zero-order valence-electron chi connectivity index (χ0n) is 13.2. The summed E-state index contributed by atoms with van der Waals surface area (Å²) in [6.07, 6.45) is -0.177. The van der Waals surface area contributed by atoms with Crippen molar-refractivity contribution in [1.82, 2.24) is 5.32 Å². The SMILES string of the molecule is COC(CNC(=O)C1CC1c1ccc(C(C)C)cc1)C(=O)O. The van der Waals surface area contributed by atoms with Crippen LogP contribution in [0.25, 0.3) is 0 Å². The Labute approximate surface area is 130 Å². The molecule has 3 unspecified atom stereocenters. The van der Waals surface area contributed by atoms with E-state index in [4.69, 9.17) is 9.84 Å². The summed E-state index contributed by atoms with van der Waals surface area (Å²) >= 11 is 0. The van der Waals surface area contributed by atoms with E-state index in [1.54, 1.807) is 0 Å². The predicted octanol–water partition coefficient (Wildman–Crippen LogP) is 2.13. The predicted molar refractivity (Wildman–Crippen MR) is 82.8 cm³/mol. The Balaban J connectivity index is 1.86. The Hall–Kier alpha value is -1.88. The van der Waals surface area contributed by atoms with Gasteiger partial charge in [0.15, 0.2) is 6.10 Å². The van der Waals surface area contributed by atoms with Crippen LogP contribution in [0.1, 0.15) is 43.2 Å². The number of aliphatic carboxylic acids is 1. The second-order valence-electron chi connectivity index (χ2n) is 6.08. The minimum Gasteiger partial charge on any atom is -0.479 e. The highest BCUT2D eigenvalue weighted by Crippen LogP contribution is 2.47. The topological polar surface area (TPSA) is 75.6 Å². The summed E-state index contributed by atoms with van der Waals surface area (Å²) < 4.78 is 4.80. The fraction of sp³-hybridized carbons (Fsp3) is 0.529. The third kappa shape index (κ3) is 3.85. The molecule has 1 aliphatic carbocycles. The van der Waals surface area contributed by atoms with Crippen molar-refractivity contribution in [1.29, 1.82) is 0 Å². The molecule has 1 fully saturated rings. The molecule has 1 aromatic rings. The Kier molecular flexibility index (Phi) is 5.19. The molecule has 3 atom stereocenters. The number of carboxylic acid groups (broad SMARTS) is 1. The number of carboxylic acids is 1. The first-order chi connectivity index (χ1) is 10.4. The van der Waals surface area contributed by atoms with Crippen LogP contribution < -0.4 is 5.32 Å². The first-order valence-electron chi connectivity index (χ1n) is 7.57. The maximum absolute atomic E-state index is 12.0. The third-order valence-electron chi connectivity index (χ3n) is 4.18. The van der Waals surface area contributed by atoms with Gasteiger partial charge in [-0.25, -0.2) is 4.79 Å². The molecule has 1 aromatic carbocycles. The van der Waals surface area contributed by atoms with Gasteiger partial charge in [0, 0.05) is 13.0 Å². The van der Waals surface area contributed by atoms with Crippen molar-refractivity contribution in [3.8, 4) is 0 Å². The molecule has 1 amide bonds. The molecule has 0 bridgehead atoms. The summed E-state index contributed by atoms with van der Waals surface area (Å²) in [5, 5.41) is 11.5. The number of benzene rings is 1. The van der Waals surface area contributed by atoms with Crippen molar-refractivity contribution >= 4 is 11.9 Å². The summed E-state index contributed by atoms with van der Waals surface area (Å²) in [5.74, 6) is -0.488. The Morgan fingerprint density at radius 2 is 1.95 bits per heavy atom. The van der Waals surface area contributed by atoms with Crippen LogP contribution in [0.4, 0.5) is 0 Å². The van der Waals surface area contributed by atoms with Crippen molar-refractivity contribution < 1.29 is 19.4 Å². The number of ether oxygens (including phenoxy) is 1. The number of hydrogen-bond acceptors (Lipinski definition) is 3. The van der Waals surface area contributed by atoms with E-state index >= 15 is 0 Å². The number of amides is 1. The Morgan fingerprint density at radius 1 is 1.32 bits per heavy atom. The highest BCUT2D eigenvalue weighted by Gasteiger charge is 2.44. The van der Waals surface area contributed by atoms with E-state index in [9.17, 15) is 9.59 Å². The smallest absolute Gasteiger partial charge is 0.334 e. The first-order valence-corrected chi connectivity index (χ1v) is 7.57. The molecule has 0 aliphatic heterocycles. The summed E-state index contributed by atoms with van der Waals surface area (Å²) in [4.78, 5) is 22.9. The largest absolute Gasteiger partial charge is 0.479 e. The fourth-order valence-corrected chi connectivity index (χ4v) is 2.58. The zero-order chi connectivity index (χ0) is 16.3. The van der Waals surface area contributed by atoms with E-state index in [0.29, 0.717) is 5.92 Å². The van der Waals surface area contributed by atoms with Crippen LogP contribution in [-0.2, 0) is 14.3 Å². The number of methoxy groups -OCH3 is 1. The van der Waals surface area contributed by atoms with Crippen molar-refractivity contribution in [2.45, 2.75) is 38.2 Å². The lowest BCUT2D eigenvalue weighted by molar-refractivity contribution is -0.148. The van der Waals surface area contributed by atoms with Crippen molar-refractivity contribution in [3.05, 3.63) is 35.4 Å². The van der Waals surface area contributed by atoms with Crippen LogP contribution in [0.3, 0.4) is 0 Å². The van der Waals surface area contributed by atoms with E-state index in [2.05, 4.69) is 43.4 Å². The van der Waals surface area contributed by atoms with Crippen LogP contribution in [0.15, 0.2) is 24.3 Å². The van der Waals surface area contributed by atoms with Gasteiger partial charge in [-0.15, -0.1) is 0 Å². The van der Waals surface area contributed by atoms with Crippen molar-refractivity contribution in [2.24, 2.45) is 5.92 Å². The standard InChI is InChI=1S/C17H23NO4/c1-10(2)11-4-6-12(7-5-11)13-8-14(13)16(19)18-9-15(22-3)17(20)21/h4-7,10,13-15H,8-9H2,1-3H3,(H,18,19)(H,20,21). The highest BCUT2D eigenvalue weighted by atomic mass is 16.5. The van der Waals surface area contributed by atoms with E-state index in [1.807, 2.05) is 0 Å². The van der Waals surface area contributed by atoms with Crippen LogP contribution in [-0.4, -0.2) is 36.7 Å². The van der Waals surface area contributed by atoms with Gasteiger partial charge in [-0.1, -0.05) is 38.1 Å². The van der Waals surface area contributed by atoms with E-state index in [0.717, 1.165) is 6.42 Å². The maximum Gasteiger partial charge on any atom is 0.334 e. The molecule has 0 spiro atoms. The van der Waals surface area contributed by atoms with E-state index in [-0.39, 0.29) is 24.3 Å². The quantitative estimate of drug-likeness (QED) is 0.809. The van der Waals surface area contributed by atoms with Crippen molar-refractivity contribution in [3.63, 3.8) is 0 Å². The molecule has 5 nitrogen and oxygen atoms in total. The van der Waals surface area contributed by atoms with Gasteiger partial charge in [-0.2, -0.15) is 0 Å². The highest BCUT2D eigenvalue weighted by molar-refractivity contribution is 5.83. The lowest BCUT2D eigenvalue weighted by atomic mass is 10.00. The second kappa shape index (κ2) is 6.92. The van der Waals surface area contributed by atoms with Crippen LogP contribution in [0.5, 0.6) is 0 Å². The van der Waals surface area contributed by atoms with Gasteiger partial charge in [0.1, 0.15) is 0 Å². The number of hydrogen-bond donors (Lipinski definition) is 2. The lowest BCUT2D eigenvalue weighted by Crippen LogP contribution is -2.38. The minimum atomic E-state index is -1.07. The van der Waals surface area contributed by atoms with Crippen LogP contribution in [0, 0.1) is 5.92 Å². The number of rotatable bonds is 7. The molecule has 22 heavy (non-hydrogen) atoms. The van der Waals surface area contributed by atoms with Gasteiger partial charge in [-0.3, -0.25) is 4.79 Å². The van der Waals surface area contributed by atoms with Gasteiger partial charge < -0.3 is 15.2 Å². The monoisotopic (exact) mass is 305 g/mol. The third-order valence-corrected chi connectivity index (χ3v) is 4.18. The number of carbonyl (C=O) groups is 2. The Morgan fingerprint density at radius 3 is 2.45 bits per heavy atom. The molecule has 120 valence electrons. The Bertz CT molecular complexity index is 538. The number of carbonyl (C=O) groups excluding carboxylic acids is 1. The maximum atomic E-state index is 12.0. The molecule has 0 radical (unpaired) electrons. The van der Waals surface area contributed by atoms with Gasteiger partial charge in [0.05, 0.1) is 6.54 Å². The van der Waals surface area contributed by atoms with Crippen molar-refractivity contribution in [2.75, 3.05) is 13.7 Å². The van der Waals surface area contributed by atoms with E-state index in [1.165, 1.54) is 18.2 Å². The number of nitrogens with one attached hydrogen (secondary N) is 1. The summed E-state index contributed by atoms with van der Waals surface area (Å²) in [6.45, 7) is 4.30. The molecule has 0 aromatic heterocycles. The molecule has 1 aliphatic rings. The molecule has 2 N–H and O–H groups in total. The molecule has 0 heterocycles. The summed E-state index contributed by atoms with van der Waals surface area (Å²) in [6, 6.07) is 8.39. The van der Waals surface area contributed by atoms with Crippen LogP contribution >= 0.6 is 0 Å². The average molecular weight is 305 g/mol. The van der Waals surface area contributed by atoms with Gasteiger partial charge >= 0.3 is 5.97 Å². The molecule has 5 heteroatoms. The van der Waals surface area contributed by atoms with Crippen LogP contribution in [0.2, 0.25) is 0 Å². The summed E-state index contributed by atoms with van der Waals surface area (Å²) in [7, 11) is 1.32. The fourth-order valence-electron chi connectivity index (χ4n) is 2.58. The molecular weight excluding hydrogens is 282 g/mol. The first kappa shape index (κ1) is 16.5. The molecular formula is C17H23NO4. The molecule has 2 rings (SSSR count). The lowest BCUT2D eigenvalue weighted by Gasteiger charge is -2.11. The van der Waals surface area contributed by atoms with E-state index < -0.39 is 12.1 Å². The normalized spacial score (nSPS) is 21.5. The van der Waals surface area contributed by atoms with Gasteiger partial charge in [0.2, 0.25) is 5.91 Å². The zero-order valence-corrected chi connectivity index (χ0v) is 13.2. The average Bonchev–Trinajstić information content (AvgIpc) is 3.28. The second-order valence-corrected chi connectivity index (χ2v) is 6.08. The molecule has 0 saturated heterocycles. The summed E-state index contributed by atoms with van der Waals surface area (Å²) in [5.41, 5.74) is 2.46. The van der Waals surface area contributed by atoms with Gasteiger partial charge in [-0.05, 0) is 29.4 Å². The minimum absolute atomic E-state index is 0.000173. The molecule has 1 saturated carbocycles. The van der Waals surface area contributed by atoms with Gasteiger partial charge in [0.25, 0.3) is 0 Å².